The standard InChI is InChI=1S/C12H19ClN4O2/c1-3-7-19-9-5-4-6-17(8-9)11-14-10(13)15-12(16-11)18-2/h9H,3-8H2,1-2H3. The van der Waals surface area contributed by atoms with E-state index in [-0.39, 0.29) is 17.4 Å². The van der Waals surface area contributed by atoms with Gasteiger partial charge in [0, 0.05) is 19.7 Å². The van der Waals surface area contributed by atoms with Crippen LogP contribution in [0.1, 0.15) is 26.2 Å². The van der Waals surface area contributed by atoms with Gasteiger partial charge in [0.25, 0.3) is 0 Å². The molecule has 1 atom stereocenters. The quantitative estimate of drug-likeness (QED) is 0.824. The lowest BCUT2D eigenvalue weighted by molar-refractivity contribution is 0.0437. The number of aromatic nitrogens is 3. The van der Waals surface area contributed by atoms with Gasteiger partial charge < -0.3 is 14.4 Å². The first-order chi connectivity index (χ1) is 9.22. The second-order valence-corrected chi connectivity index (χ2v) is 4.81. The van der Waals surface area contributed by atoms with Crippen LogP contribution in [0.4, 0.5) is 5.95 Å². The number of nitrogens with zero attached hydrogens (tertiary/aromatic N) is 4. The highest BCUT2D eigenvalue weighted by Gasteiger charge is 2.23. The molecule has 0 radical (unpaired) electrons. The third kappa shape index (κ3) is 3.91. The highest BCUT2D eigenvalue weighted by Crippen LogP contribution is 2.20. The molecule has 1 unspecified atom stereocenters. The Kier molecular flexibility index (Phi) is 5.15. The van der Waals surface area contributed by atoms with E-state index in [1.807, 2.05) is 0 Å². The summed E-state index contributed by atoms with van der Waals surface area (Å²) < 4.78 is 10.8. The Morgan fingerprint density at radius 2 is 2.21 bits per heavy atom. The Bertz CT molecular complexity index is 419. The second kappa shape index (κ2) is 6.86. The average molecular weight is 287 g/mol. The molecule has 6 nitrogen and oxygen atoms in total. The number of halogens is 1. The van der Waals surface area contributed by atoms with Gasteiger partial charge in [0.1, 0.15) is 0 Å². The summed E-state index contributed by atoms with van der Waals surface area (Å²) in [4.78, 5) is 14.3. The van der Waals surface area contributed by atoms with Crippen LogP contribution in [0.25, 0.3) is 0 Å². The summed E-state index contributed by atoms with van der Waals surface area (Å²) >= 11 is 5.87. The summed E-state index contributed by atoms with van der Waals surface area (Å²) in [5, 5.41) is 0.151. The molecule has 2 heterocycles. The van der Waals surface area contributed by atoms with Gasteiger partial charge in [-0.05, 0) is 30.9 Å². The summed E-state index contributed by atoms with van der Waals surface area (Å²) in [7, 11) is 1.51. The van der Waals surface area contributed by atoms with Crippen LogP contribution < -0.4 is 9.64 Å². The maximum Gasteiger partial charge on any atom is 0.322 e. The van der Waals surface area contributed by atoms with Gasteiger partial charge in [-0.3, -0.25) is 0 Å². The van der Waals surface area contributed by atoms with E-state index in [9.17, 15) is 0 Å². The van der Waals surface area contributed by atoms with E-state index >= 15 is 0 Å². The van der Waals surface area contributed by atoms with E-state index in [0.29, 0.717) is 5.95 Å². The van der Waals surface area contributed by atoms with Crippen LogP contribution in [-0.4, -0.2) is 47.9 Å². The van der Waals surface area contributed by atoms with Gasteiger partial charge >= 0.3 is 6.01 Å². The van der Waals surface area contributed by atoms with Crippen molar-refractivity contribution in [1.29, 1.82) is 0 Å². The molecule has 1 saturated heterocycles. The molecule has 0 saturated carbocycles. The Morgan fingerprint density at radius 1 is 1.37 bits per heavy atom. The fraction of sp³-hybridized carbons (Fsp3) is 0.750. The molecule has 0 aromatic carbocycles. The van der Waals surface area contributed by atoms with Crippen molar-refractivity contribution in [3.8, 4) is 6.01 Å². The Labute approximate surface area is 118 Å². The highest BCUT2D eigenvalue weighted by atomic mass is 35.5. The van der Waals surface area contributed by atoms with Crippen molar-refractivity contribution in [2.75, 3.05) is 31.7 Å². The summed E-state index contributed by atoms with van der Waals surface area (Å²) in [6.07, 6.45) is 3.39. The zero-order chi connectivity index (χ0) is 13.7. The van der Waals surface area contributed by atoms with Gasteiger partial charge in [-0.2, -0.15) is 15.0 Å². The van der Waals surface area contributed by atoms with Crippen LogP contribution in [0, 0.1) is 0 Å². The molecule has 2 rings (SSSR count). The average Bonchev–Trinajstić information content (AvgIpc) is 2.44. The molecule has 1 aliphatic heterocycles. The fourth-order valence-electron chi connectivity index (χ4n) is 2.10. The molecule has 0 amide bonds. The maximum absolute atomic E-state index is 5.87. The number of hydrogen-bond acceptors (Lipinski definition) is 6. The van der Waals surface area contributed by atoms with Crippen molar-refractivity contribution in [2.45, 2.75) is 32.3 Å². The van der Waals surface area contributed by atoms with E-state index in [4.69, 9.17) is 21.1 Å². The fourth-order valence-corrected chi connectivity index (χ4v) is 2.24. The molecule has 0 bridgehead atoms. The minimum Gasteiger partial charge on any atom is -0.467 e. The molecule has 1 aromatic heterocycles. The number of rotatable bonds is 5. The van der Waals surface area contributed by atoms with Crippen LogP contribution >= 0.6 is 11.6 Å². The summed E-state index contributed by atoms with van der Waals surface area (Å²) in [6, 6.07) is 0.242. The molecule has 0 N–H and O–H groups in total. The van der Waals surface area contributed by atoms with Gasteiger partial charge in [-0.25, -0.2) is 0 Å². The lowest BCUT2D eigenvalue weighted by Crippen LogP contribution is -2.40. The van der Waals surface area contributed by atoms with Crippen molar-refractivity contribution in [2.24, 2.45) is 0 Å². The maximum atomic E-state index is 5.87. The first kappa shape index (κ1) is 14.3. The Hall–Kier alpha value is -1.14. The SMILES string of the molecule is CCCOC1CCCN(c2nc(Cl)nc(OC)n2)C1. The summed E-state index contributed by atoms with van der Waals surface area (Å²) in [5.74, 6) is 0.557. The monoisotopic (exact) mass is 286 g/mol. The number of ether oxygens (including phenoxy) is 2. The number of piperidine rings is 1. The van der Waals surface area contributed by atoms with Gasteiger partial charge in [0.15, 0.2) is 0 Å². The molecular weight excluding hydrogens is 268 g/mol. The third-order valence-electron chi connectivity index (χ3n) is 2.98. The number of anilines is 1. The molecule has 7 heteroatoms. The van der Waals surface area contributed by atoms with E-state index in [1.54, 1.807) is 0 Å². The Morgan fingerprint density at radius 3 is 2.95 bits per heavy atom. The van der Waals surface area contributed by atoms with Crippen molar-refractivity contribution < 1.29 is 9.47 Å². The van der Waals surface area contributed by atoms with Crippen LogP contribution in [0.2, 0.25) is 5.28 Å². The molecule has 1 aromatic rings. The first-order valence-electron chi connectivity index (χ1n) is 6.55. The van der Waals surface area contributed by atoms with Gasteiger partial charge in [0.2, 0.25) is 11.2 Å². The van der Waals surface area contributed by atoms with Crippen molar-refractivity contribution in [1.82, 2.24) is 15.0 Å². The number of methoxy groups -OCH3 is 1. The summed E-state index contributed by atoms with van der Waals surface area (Å²) in [6.45, 7) is 4.58. The minimum absolute atomic E-state index is 0.151. The smallest absolute Gasteiger partial charge is 0.322 e. The highest BCUT2D eigenvalue weighted by molar-refractivity contribution is 6.28. The van der Waals surface area contributed by atoms with E-state index in [1.165, 1.54) is 7.11 Å². The Balaban J connectivity index is 2.06. The van der Waals surface area contributed by atoms with Crippen LogP contribution in [0.15, 0.2) is 0 Å². The van der Waals surface area contributed by atoms with Crippen LogP contribution in [0.5, 0.6) is 6.01 Å². The van der Waals surface area contributed by atoms with Crippen molar-refractivity contribution >= 4 is 17.5 Å². The third-order valence-corrected chi connectivity index (χ3v) is 3.15. The largest absolute Gasteiger partial charge is 0.467 e. The molecule has 1 aliphatic rings. The molecule has 1 fully saturated rings. The van der Waals surface area contributed by atoms with E-state index in [0.717, 1.165) is 39.0 Å². The van der Waals surface area contributed by atoms with Crippen LogP contribution in [-0.2, 0) is 4.74 Å². The zero-order valence-electron chi connectivity index (χ0n) is 11.3. The zero-order valence-corrected chi connectivity index (χ0v) is 12.1. The molecule has 0 aliphatic carbocycles. The van der Waals surface area contributed by atoms with E-state index in [2.05, 4.69) is 26.8 Å². The van der Waals surface area contributed by atoms with Gasteiger partial charge in [0.05, 0.1) is 13.2 Å². The summed E-state index contributed by atoms with van der Waals surface area (Å²) in [5.41, 5.74) is 0. The topological polar surface area (TPSA) is 60.4 Å². The van der Waals surface area contributed by atoms with Gasteiger partial charge in [-0.1, -0.05) is 6.92 Å². The lowest BCUT2D eigenvalue weighted by Gasteiger charge is -2.32. The van der Waals surface area contributed by atoms with Crippen molar-refractivity contribution in [3.63, 3.8) is 0 Å². The molecule has 19 heavy (non-hydrogen) atoms. The molecule has 106 valence electrons. The molecular formula is C12H19ClN4O2. The number of hydrogen-bond donors (Lipinski definition) is 0. The van der Waals surface area contributed by atoms with E-state index < -0.39 is 0 Å². The molecule has 0 spiro atoms. The minimum atomic E-state index is 0.151. The predicted octanol–water partition coefficient (Wildman–Crippen LogP) is 1.93. The van der Waals surface area contributed by atoms with Crippen LogP contribution in [0.3, 0.4) is 0 Å². The van der Waals surface area contributed by atoms with Crippen molar-refractivity contribution in [3.05, 3.63) is 5.28 Å². The predicted molar refractivity (Wildman–Crippen MR) is 72.9 cm³/mol. The lowest BCUT2D eigenvalue weighted by atomic mass is 10.1. The van der Waals surface area contributed by atoms with Gasteiger partial charge in [-0.15, -0.1) is 0 Å². The first-order valence-corrected chi connectivity index (χ1v) is 6.93. The second-order valence-electron chi connectivity index (χ2n) is 4.47. The normalized spacial score (nSPS) is 19.5.